The molecule has 6 aromatic rings. The van der Waals surface area contributed by atoms with Crippen LogP contribution in [-0.2, 0) is 5.54 Å². The highest BCUT2D eigenvalue weighted by Gasteiger charge is 2.41. The van der Waals surface area contributed by atoms with Gasteiger partial charge in [0.05, 0.1) is 17.2 Å². The molecule has 5 nitrogen and oxygen atoms in total. The van der Waals surface area contributed by atoms with E-state index >= 15 is 0 Å². The Hall–Kier alpha value is -4.22. The first-order valence-corrected chi connectivity index (χ1v) is 12.7. The van der Waals surface area contributed by atoms with Crippen LogP contribution in [0.3, 0.4) is 0 Å². The minimum Gasteiger partial charge on any atom is -0.334 e. The van der Waals surface area contributed by atoms with Crippen molar-refractivity contribution in [3.05, 3.63) is 138 Å². The van der Waals surface area contributed by atoms with Crippen LogP contribution in [0.15, 0.2) is 116 Å². The Labute approximate surface area is 221 Å². The van der Waals surface area contributed by atoms with Gasteiger partial charge < -0.3 is 4.57 Å². The first-order chi connectivity index (χ1) is 18.1. The third-order valence-electron chi connectivity index (χ3n) is 6.88. The zero-order chi connectivity index (χ0) is 25.4. The van der Waals surface area contributed by atoms with Crippen molar-refractivity contribution in [2.75, 3.05) is 0 Å². The summed E-state index contributed by atoms with van der Waals surface area (Å²) in [7, 11) is 0. The molecule has 6 heteroatoms. The van der Waals surface area contributed by atoms with Crippen molar-refractivity contribution in [1.29, 1.82) is 0 Å². The summed E-state index contributed by atoms with van der Waals surface area (Å²) in [4.78, 5) is 9.14. The number of halogens is 1. The van der Waals surface area contributed by atoms with Gasteiger partial charge in [0.1, 0.15) is 22.1 Å². The monoisotopic (exact) mass is 503 g/mol. The number of nitrogens with zero attached hydrogens (tertiary/aromatic N) is 5. The minimum absolute atomic E-state index is 0.278. The highest BCUT2D eigenvalue weighted by atomic mass is 35.5. The molecule has 0 spiro atoms. The smallest absolute Gasteiger partial charge is 0.140 e. The number of hydrogen-bond acceptors (Lipinski definition) is 3. The van der Waals surface area contributed by atoms with Gasteiger partial charge in [0, 0.05) is 18.4 Å². The molecule has 0 aliphatic rings. The molecular formula is C31H26ClN5. The first-order valence-electron chi connectivity index (χ1n) is 12.3. The van der Waals surface area contributed by atoms with Gasteiger partial charge in [0.15, 0.2) is 0 Å². The maximum Gasteiger partial charge on any atom is 0.140 e. The molecule has 3 aromatic carbocycles. The van der Waals surface area contributed by atoms with Crippen LogP contribution >= 0.6 is 11.6 Å². The SMILES string of the molecule is CC(C)n1cnc(-c2nn(C(c3ccccc3)(c3ccccc3)c3ccccc3)c3ccnc(Cl)c23)c1. The molecule has 0 atom stereocenters. The van der Waals surface area contributed by atoms with Crippen LogP contribution in [0.25, 0.3) is 22.3 Å². The third kappa shape index (κ3) is 3.74. The van der Waals surface area contributed by atoms with Crippen molar-refractivity contribution in [1.82, 2.24) is 24.3 Å². The lowest BCUT2D eigenvalue weighted by molar-refractivity contribution is 0.477. The average Bonchev–Trinajstić information content (AvgIpc) is 3.58. The maximum atomic E-state index is 6.78. The molecule has 182 valence electrons. The molecule has 0 unspecified atom stereocenters. The van der Waals surface area contributed by atoms with Crippen molar-refractivity contribution in [2.24, 2.45) is 0 Å². The molecule has 0 saturated heterocycles. The highest BCUT2D eigenvalue weighted by molar-refractivity contribution is 6.35. The molecule has 3 heterocycles. The quantitative estimate of drug-likeness (QED) is 0.176. The van der Waals surface area contributed by atoms with E-state index in [1.54, 1.807) is 6.20 Å². The summed E-state index contributed by atoms with van der Waals surface area (Å²) in [5, 5.41) is 6.50. The number of fused-ring (bicyclic) bond motifs is 1. The zero-order valence-corrected chi connectivity index (χ0v) is 21.4. The summed E-state index contributed by atoms with van der Waals surface area (Å²) < 4.78 is 4.17. The van der Waals surface area contributed by atoms with E-state index in [1.165, 1.54) is 0 Å². The fourth-order valence-electron chi connectivity index (χ4n) is 5.11. The largest absolute Gasteiger partial charge is 0.334 e. The highest BCUT2D eigenvalue weighted by Crippen LogP contribution is 2.44. The lowest BCUT2D eigenvalue weighted by atomic mass is 9.77. The van der Waals surface area contributed by atoms with Crippen molar-refractivity contribution < 1.29 is 0 Å². The summed E-state index contributed by atoms with van der Waals surface area (Å²) in [5.41, 5.74) is 4.84. The molecule has 0 fully saturated rings. The second kappa shape index (κ2) is 9.34. The van der Waals surface area contributed by atoms with Gasteiger partial charge in [-0.2, -0.15) is 5.10 Å². The van der Waals surface area contributed by atoms with E-state index in [4.69, 9.17) is 21.7 Å². The Kier molecular flexibility index (Phi) is 5.85. The van der Waals surface area contributed by atoms with Gasteiger partial charge >= 0.3 is 0 Å². The second-order valence-corrected chi connectivity index (χ2v) is 9.72. The molecule has 0 saturated carbocycles. The fourth-order valence-corrected chi connectivity index (χ4v) is 5.35. The number of rotatable bonds is 6. The van der Waals surface area contributed by atoms with Crippen molar-refractivity contribution in [3.8, 4) is 11.4 Å². The molecule has 0 bridgehead atoms. The zero-order valence-electron chi connectivity index (χ0n) is 20.7. The topological polar surface area (TPSA) is 48.5 Å². The van der Waals surface area contributed by atoms with Gasteiger partial charge in [-0.15, -0.1) is 0 Å². The molecule has 0 aliphatic carbocycles. The van der Waals surface area contributed by atoms with Crippen LogP contribution in [0, 0.1) is 0 Å². The van der Waals surface area contributed by atoms with Gasteiger partial charge in [0.25, 0.3) is 0 Å². The Morgan fingerprint density at radius 3 is 1.76 bits per heavy atom. The van der Waals surface area contributed by atoms with Crippen molar-refractivity contribution in [2.45, 2.75) is 25.4 Å². The molecule has 0 N–H and O–H groups in total. The van der Waals surface area contributed by atoms with Crippen LogP contribution in [-0.4, -0.2) is 24.3 Å². The molecule has 37 heavy (non-hydrogen) atoms. The second-order valence-electron chi connectivity index (χ2n) is 9.36. The molecule has 3 aromatic heterocycles. The van der Waals surface area contributed by atoms with Crippen molar-refractivity contribution >= 4 is 22.5 Å². The predicted octanol–water partition coefficient (Wildman–Crippen LogP) is 7.37. The molecule has 0 amide bonds. The van der Waals surface area contributed by atoms with Crippen LogP contribution < -0.4 is 0 Å². The predicted molar refractivity (Wildman–Crippen MR) is 149 cm³/mol. The minimum atomic E-state index is -0.772. The maximum absolute atomic E-state index is 6.78. The molecule has 0 radical (unpaired) electrons. The lowest BCUT2D eigenvalue weighted by Gasteiger charge is -2.37. The van der Waals surface area contributed by atoms with E-state index < -0.39 is 5.54 Å². The van der Waals surface area contributed by atoms with Gasteiger partial charge in [-0.3, -0.25) is 0 Å². The van der Waals surface area contributed by atoms with Gasteiger partial charge in [-0.25, -0.2) is 14.6 Å². The van der Waals surface area contributed by atoms with Gasteiger partial charge in [-0.1, -0.05) is 103 Å². The number of benzene rings is 3. The average molecular weight is 504 g/mol. The van der Waals surface area contributed by atoms with E-state index in [1.807, 2.05) is 36.8 Å². The van der Waals surface area contributed by atoms with E-state index in [0.29, 0.717) is 10.8 Å². The summed E-state index contributed by atoms with van der Waals surface area (Å²) in [6.45, 7) is 4.25. The number of pyridine rings is 1. The van der Waals surface area contributed by atoms with Crippen LogP contribution in [0.2, 0.25) is 5.15 Å². The van der Waals surface area contributed by atoms with E-state index in [2.05, 4.69) is 101 Å². The summed E-state index contributed by atoms with van der Waals surface area (Å²) in [5.74, 6) is 0. The number of imidazole rings is 1. The summed E-state index contributed by atoms with van der Waals surface area (Å²) >= 11 is 6.78. The van der Waals surface area contributed by atoms with Crippen molar-refractivity contribution in [3.63, 3.8) is 0 Å². The summed E-state index contributed by atoms with van der Waals surface area (Å²) in [6, 6.07) is 33.7. The standard InChI is InChI=1S/C31H26ClN5/c1-22(2)36-20-26(34-21-36)29-28-27(18-19-33-30(28)32)37(35-29)31(23-12-6-3-7-13-23,24-14-8-4-9-15-24)25-16-10-5-11-17-25/h3-22H,1-2H3. The van der Waals surface area contributed by atoms with Crippen LogP contribution in [0.1, 0.15) is 36.6 Å². The van der Waals surface area contributed by atoms with E-state index in [9.17, 15) is 0 Å². The first kappa shape index (κ1) is 23.2. The van der Waals surface area contributed by atoms with Crippen LogP contribution in [0.4, 0.5) is 0 Å². The molecule has 0 aliphatic heterocycles. The Bertz CT molecular complexity index is 1560. The molecular weight excluding hydrogens is 478 g/mol. The number of hydrogen-bond donors (Lipinski definition) is 0. The normalized spacial score (nSPS) is 11.9. The number of aromatic nitrogens is 5. The van der Waals surface area contributed by atoms with Gasteiger partial charge in [0.2, 0.25) is 0 Å². The Morgan fingerprint density at radius 2 is 1.27 bits per heavy atom. The lowest BCUT2D eigenvalue weighted by Crippen LogP contribution is -2.38. The summed E-state index contributed by atoms with van der Waals surface area (Å²) in [6.07, 6.45) is 5.61. The van der Waals surface area contributed by atoms with Crippen LogP contribution in [0.5, 0.6) is 0 Å². The van der Waals surface area contributed by atoms with E-state index in [-0.39, 0.29) is 6.04 Å². The molecule has 6 rings (SSSR count). The van der Waals surface area contributed by atoms with E-state index in [0.717, 1.165) is 33.3 Å². The Balaban J connectivity index is 1.77. The fraction of sp³-hybridized carbons (Fsp3) is 0.129. The Morgan fingerprint density at radius 1 is 0.730 bits per heavy atom. The third-order valence-corrected chi connectivity index (χ3v) is 7.17. The van der Waals surface area contributed by atoms with Gasteiger partial charge in [-0.05, 0) is 36.6 Å².